The molecule has 0 radical (unpaired) electrons. The predicted octanol–water partition coefficient (Wildman–Crippen LogP) is 2.28. The predicted molar refractivity (Wildman–Crippen MR) is 75.9 cm³/mol. The summed E-state index contributed by atoms with van der Waals surface area (Å²) in [6.45, 7) is 5.35. The quantitative estimate of drug-likeness (QED) is 0.857. The highest BCUT2D eigenvalue weighted by Gasteiger charge is 2.18. The molecule has 18 heavy (non-hydrogen) atoms. The topological polar surface area (TPSA) is 32.3 Å². The van der Waals surface area contributed by atoms with Gasteiger partial charge in [-0.2, -0.15) is 11.3 Å². The van der Waals surface area contributed by atoms with Crippen molar-refractivity contribution in [1.29, 1.82) is 0 Å². The zero-order chi connectivity index (χ0) is 12.8. The Balaban J connectivity index is 1.62. The summed E-state index contributed by atoms with van der Waals surface area (Å²) in [6.07, 6.45) is 4.06. The zero-order valence-electron chi connectivity index (χ0n) is 11.0. The summed E-state index contributed by atoms with van der Waals surface area (Å²) in [5.41, 5.74) is 1.27. The summed E-state index contributed by atoms with van der Waals surface area (Å²) in [4.78, 5) is 14.2. The van der Waals surface area contributed by atoms with Gasteiger partial charge in [0, 0.05) is 19.0 Å². The van der Waals surface area contributed by atoms with Crippen molar-refractivity contribution in [3.05, 3.63) is 22.4 Å². The molecular weight excluding hydrogens is 244 g/mol. The number of aryl methyl sites for hydroxylation is 1. The first-order valence-electron chi connectivity index (χ1n) is 6.77. The van der Waals surface area contributed by atoms with Crippen LogP contribution >= 0.6 is 11.3 Å². The number of nitrogens with zero attached hydrogens (tertiary/aromatic N) is 1. The van der Waals surface area contributed by atoms with Crippen molar-refractivity contribution in [3.8, 4) is 0 Å². The van der Waals surface area contributed by atoms with Crippen LogP contribution in [0.4, 0.5) is 0 Å². The third kappa shape index (κ3) is 4.10. The fourth-order valence-corrected chi connectivity index (χ4v) is 3.06. The van der Waals surface area contributed by atoms with Crippen LogP contribution in [0, 0.1) is 0 Å². The molecule has 1 saturated heterocycles. The third-order valence-electron chi connectivity index (χ3n) is 3.58. The average Bonchev–Trinajstić information content (AvgIpc) is 3.05. The van der Waals surface area contributed by atoms with E-state index in [1.54, 1.807) is 11.3 Å². The van der Waals surface area contributed by atoms with Crippen molar-refractivity contribution in [3.63, 3.8) is 0 Å². The van der Waals surface area contributed by atoms with Crippen LogP contribution in [0.1, 0.15) is 31.7 Å². The Labute approximate surface area is 113 Å². The van der Waals surface area contributed by atoms with Gasteiger partial charge in [-0.25, -0.2) is 0 Å². The van der Waals surface area contributed by atoms with Gasteiger partial charge >= 0.3 is 0 Å². The van der Waals surface area contributed by atoms with E-state index in [1.807, 2.05) is 0 Å². The van der Waals surface area contributed by atoms with Crippen molar-refractivity contribution in [2.24, 2.45) is 0 Å². The SMILES string of the molecule is C[C@@H](CNC(=O)CCc1ccsc1)N1CCCC1. The second kappa shape index (κ2) is 6.90. The van der Waals surface area contributed by atoms with E-state index in [1.165, 1.54) is 31.5 Å². The minimum Gasteiger partial charge on any atom is -0.355 e. The number of likely N-dealkylation sites (tertiary alicyclic amines) is 1. The Morgan fingerprint density at radius 3 is 2.94 bits per heavy atom. The molecule has 1 aliphatic heterocycles. The summed E-state index contributed by atoms with van der Waals surface area (Å²) in [7, 11) is 0. The number of carbonyl (C=O) groups excluding carboxylic acids is 1. The van der Waals surface area contributed by atoms with Crippen molar-refractivity contribution < 1.29 is 4.79 Å². The summed E-state index contributed by atoms with van der Waals surface area (Å²) in [5.74, 6) is 0.173. The van der Waals surface area contributed by atoms with Crippen molar-refractivity contribution >= 4 is 17.2 Å². The molecular formula is C14H22N2OS. The van der Waals surface area contributed by atoms with Crippen molar-refractivity contribution in [2.75, 3.05) is 19.6 Å². The summed E-state index contributed by atoms with van der Waals surface area (Å²) in [6, 6.07) is 2.56. The number of nitrogens with one attached hydrogen (secondary N) is 1. The highest BCUT2D eigenvalue weighted by atomic mass is 32.1. The van der Waals surface area contributed by atoms with Crippen LogP contribution in [-0.4, -0.2) is 36.5 Å². The molecule has 0 bridgehead atoms. The summed E-state index contributed by atoms with van der Waals surface area (Å²) in [5, 5.41) is 7.21. The summed E-state index contributed by atoms with van der Waals surface area (Å²) < 4.78 is 0. The molecule has 1 aromatic heterocycles. The second-order valence-corrected chi connectivity index (χ2v) is 5.81. The molecule has 1 atom stereocenters. The van der Waals surface area contributed by atoms with Gasteiger partial charge in [-0.05, 0) is 61.7 Å². The Morgan fingerprint density at radius 2 is 2.28 bits per heavy atom. The Morgan fingerprint density at radius 1 is 1.50 bits per heavy atom. The molecule has 0 aromatic carbocycles. The minimum atomic E-state index is 0.173. The molecule has 1 aromatic rings. The van der Waals surface area contributed by atoms with Crippen LogP contribution in [0.25, 0.3) is 0 Å². The molecule has 3 nitrogen and oxygen atoms in total. The number of rotatable bonds is 6. The van der Waals surface area contributed by atoms with E-state index < -0.39 is 0 Å². The van der Waals surface area contributed by atoms with Gasteiger partial charge < -0.3 is 5.32 Å². The minimum absolute atomic E-state index is 0.173. The molecule has 1 amide bonds. The molecule has 0 unspecified atom stereocenters. The van der Waals surface area contributed by atoms with Crippen molar-refractivity contribution in [1.82, 2.24) is 10.2 Å². The average molecular weight is 266 g/mol. The van der Waals surface area contributed by atoms with E-state index in [0.717, 1.165) is 13.0 Å². The van der Waals surface area contributed by atoms with Gasteiger partial charge in [0.1, 0.15) is 0 Å². The van der Waals surface area contributed by atoms with Gasteiger partial charge in [0.05, 0.1) is 0 Å². The van der Waals surface area contributed by atoms with Crippen LogP contribution < -0.4 is 5.32 Å². The molecule has 100 valence electrons. The van der Waals surface area contributed by atoms with Gasteiger partial charge in [-0.3, -0.25) is 9.69 Å². The van der Waals surface area contributed by atoms with Gasteiger partial charge in [0.25, 0.3) is 0 Å². The molecule has 0 aliphatic carbocycles. The smallest absolute Gasteiger partial charge is 0.220 e. The molecule has 0 saturated carbocycles. The van der Waals surface area contributed by atoms with E-state index >= 15 is 0 Å². The summed E-state index contributed by atoms with van der Waals surface area (Å²) >= 11 is 1.69. The van der Waals surface area contributed by atoms with Gasteiger partial charge in [0.2, 0.25) is 5.91 Å². The van der Waals surface area contributed by atoms with E-state index in [-0.39, 0.29) is 5.91 Å². The number of thiophene rings is 1. The fraction of sp³-hybridized carbons (Fsp3) is 0.643. The number of hydrogen-bond acceptors (Lipinski definition) is 3. The number of hydrogen-bond donors (Lipinski definition) is 1. The first-order chi connectivity index (χ1) is 8.75. The first kappa shape index (κ1) is 13.6. The van der Waals surface area contributed by atoms with Gasteiger partial charge in [0.15, 0.2) is 0 Å². The van der Waals surface area contributed by atoms with E-state index in [4.69, 9.17) is 0 Å². The van der Waals surface area contributed by atoms with E-state index in [2.05, 4.69) is 34.0 Å². The van der Waals surface area contributed by atoms with Crippen LogP contribution in [0.2, 0.25) is 0 Å². The van der Waals surface area contributed by atoms with Crippen molar-refractivity contribution in [2.45, 2.75) is 38.6 Å². The number of carbonyl (C=O) groups is 1. The van der Waals surface area contributed by atoms with Crippen LogP contribution in [0.3, 0.4) is 0 Å². The Bertz CT molecular complexity index is 358. The zero-order valence-corrected chi connectivity index (χ0v) is 11.8. The molecule has 0 spiro atoms. The normalized spacial score (nSPS) is 17.8. The Hall–Kier alpha value is -0.870. The lowest BCUT2D eigenvalue weighted by Gasteiger charge is -2.23. The molecule has 1 N–H and O–H groups in total. The fourth-order valence-electron chi connectivity index (χ4n) is 2.35. The molecule has 1 fully saturated rings. The largest absolute Gasteiger partial charge is 0.355 e. The molecule has 2 rings (SSSR count). The van der Waals surface area contributed by atoms with Crippen LogP contribution in [0.15, 0.2) is 16.8 Å². The third-order valence-corrected chi connectivity index (χ3v) is 4.31. The first-order valence-corrected chi connectivity index (χ1v) is 7.72. The molecule has 4 heteroatoms. The van der Waals surface area contributed by atoms with Crippen LogP contribution in [-0.2, 0) is 11.2 Å². The maximum atomic E-state index is 11.7. The lowest BCUT2D eigenvalue weighted by atomic mass is 10.2. The molecule has 1 aliphatic rings. The molecule has 2 heterocycles. The standard InChI is InChI=1S/C14H22N2OS/c1-12(16-7-2-3-8-16)10-15-14(17)5-4-13-6-9-18-11-13/h6,9,11-12H,2-5,7-8,10H2,1H3,(H,15,17)/t12-/m0/s1. The maximum Gasteiger partial charge on any atom is 0.220 e. The van der Waals surface area contributed by atoms with Crippen LogP contribution in [0.5, 0.6) is 0 Å². The Kier molecular flexibility index (Phi) is 5.20. The van der Waals surface area contributed by atoms with E-state index in [0.29, 0.717) is 12.5 Å². The lowest BCUT2D eigenvalue weighted by Crippen LogP contribution is -2.40. The highest BCUT2D eigenvalue weighted by molar-refractivity contribution is 7.07. The van der Waals surface area contributed by atoms with Gasteiger partial charge in [-0.15, -0.1) is 0 Å². The number of amides is 1. The van der Waals surface area contributed by atoms with E-state index in [9.17, 15) is 4.79 Å². The maximum absolute atomic E-state index is 11.7. The monoisotopic (exact) mass is 266 g/mol. The highest BCUT2D eigenvalue weighted by Crippen LogP contribution is 2.11. The lowest BCUT2D eigenvalue weighted by molar-refractivity contribution is -0.121. The van der Waals surface area contributed by atoms with Gasteiger partial charge in [-0.1, -0.05) is 0 Å². The second-order valence-electron chi connectivity index (χ2n) is 5.03.